The number of hydrogen-bond donors (Lipinski definition) is 1. The molecule has 0 aliphatic carbocycles. The normalized spacial score (nSPS) is 13.1. The van der Waals surface area contributed by atoms with Gasteiger partial charge in [0.1, 0.15) is 6.10 Å². The lowest BCUT2D eigenvalue weighted by molar-refractivity contribution is -0.0199. The van der Waals surface area contributed by atoms with Gasteiger partial charge >= 0.3 is 0 Å². The first-order chi connectivity index (χ1) is 12.9. The molecule has 2 rings (SSSR count). The van der Waals surface area contributed by atoms with Crippen molar-refractivity contribution in [2.75, 3.05) is 0 Å². The Morgan fingerprint density at radius 1 is 1.15 bits per heavy atom. The van der Waals surface area contributed by atoms with Crippen molar-refractivity contribution >= 4 is 5.78 Å². The van der Waals surface area contributed by atoms with Crippen LogP contribution in [0.4, 0.5) is 0 Å². The van der Waals surface area contributed by atoms with E-state index >= 15 is 0 Å². The predicted octanol–water partition coefficient (Wildman–Crippen LogP) is 4.42. The molecule has 0 aromatic heterocycles. The molecule has 0 aliphatic rings. The van der Waals surface area contributed by atoms with Gasteiger partial charge in [-0.2, -0.15) is 0 Å². The summed E-state index contributed by atoms with van der Waals surface area (Å²) < 4.78 is 5.99. The molecule has 0 saturated heterocycles. The lowest BCUT2D eigenvalue weighted by atomic mass is 9.81. The van der Waals surface area contributed by atoms with Crippen LogP contribution in [0.15, 0.2) is 73.3 Å². The van der Waals surface area contributed by atoms with E-state index in [-0.39, 0.29) is 17.3 Å². The van der Waals surface area contributed by atoms with Crippen molar-refractivity contribution in [1.82, 2.24) is 0 Å². The summed E-state index contributed by atoms with van der Waals surface area (Å²) in [6.45, 7) is 8.32. The smallest absolute Gasteiger partial charge is 0.235 e. The Bertz CT molecular complexity index is 798. The first-order valence-corrected chi connectivity index (χ1v) is 8.99. The molecule has 140 valence electrons. The second-order valence-electron chi connectivity index (χ2n) is 7.13. The van der Waals surface area contributed by atoms with Gasteiger partial charge < -0.3 is 9.84 Å². The number of ketones is 1. The number of benzene rings is 2. The molecule has 0 aliphatic heterocycles. The van der Waals surface area contributed by atoms with Crippen LogP contribution in [-0.2, 0) is 11.3 Å². The molecule has 0 saturated carbocycles. The molecule has 2 aromatic rings. The van der Waals surface area contributed by atoms with Gasteiger partial charge in [0.15, 0.2) is 0 Å². The molecule has 3 nitrogen and oxygen atoms in total. The van der Waals surface area contributed by atoms with Gasteiger partial charge in [-0.1, -0.05) is 86.5 Å². The van der Waals surface area contributed by atoms with Crippen LogP contribution < -0.4 is 0 Å². The summed E-state index contributed by atoms with van der Waals surface area (Å²) in [4.78, 5) is 12.0. The van der Waals surface area contributed by atoms with E-state index in [2.05, 4.69) is 18.4 Å². The average Bonchev–Trinajstić information content (AvgIpc) is 2.67. The summed E-state index contributed by atoms with van der Waals surface area (Å²) in [6, 6.07) is 18.7. The third-order valence-corrected chi connectivity index (χ3v) is 4.36. The molecule has 2 aromatic carbocycles. The number of rotatable bonds is 8. The zero-order valence-electron chi connectivity index (χ0n) is 15.9. The first-order valence-electron chi connectivity index (χ1n) is 8.99. The lowest BCUT2D eigenvalue weighted by Crippen LogP contribution is -2.33. The van der Waals surface area contributed by atoms with Crippen LogP contribution in [0.5, 0.6) is 0 Å². The molecule has 0 radical (unpaired) electrons. The highest BCUT2D eigenvalue weighted by atomic mass is 16.5. The fraction of sp³-hybridized carbons (Fsp3) is 0.292. The van der Waals surface area contributed by atoms with Gasteiger partial charge in [-0.05, 0) is 23.3 Å². The van der Waals surface area contributed by atoms with Crippen LogP contribution in [0, 0.1) is 17.3 Å². The van der Waals surface area contributed by atoms with Crippen molar-refractivity contribution in [3.63, 3.8) is 0 Å². The minimum Gasteiger partial charge on any atom is -0.380 e. The number of hydrogen-bond acceptors (Lipinski definition) is 3. The third-order valence-electron chi connectivity index (χ3n) is 4.36. The molecule has 2 atom stereocenters. The van der Waals surface area contributed by atoms with Gasteiger partial charge in [0.25, 0.3) is 0 Å². The largest absolute Gasteiger partial charge is 0.380 e. The summed E-state index contributed by atoms with van der Waals surface area (Å²) in [6.07, 6.45) is 0.945. The highest BCUT2D eigenvalue weighted by Gasteiger charge is 2.30. The van der Waals surface area contributed by atoms with Gasteiger partial charge in [-0.3, -0.25) is 4.79 Å². The topological polar surface area (TPSA) is 46.5 Å². The van der Waals surface area contributed by atoms with Gasteiger partial charge in [-0.15, -0.1) is 6.58 Å². The maximum Gasteiger partial charge on any atom is 0.235 e. The van der Waals surface area contributed by atoms with Crippen LogP contribution in [0.25, 0.3) is 0 Å². The molecule has 1 N–H and O–H groups in total. The molecule has 0 spiro atoms. The fourth-order valence-electron chi connectivity index (χ4n) is 2.85. The van der Waals surface area contributed by atoms with Crippen molar-refractivity contribution in [3.8, 4) is 11.8 Å². The number of aliphatic hydroxyl groups excluding tert-OH is 1. The van der Waals surface area contributed by atoms with Crippen LogP contribution in [0.3, 0.4) is 0 Å². The molecule has 0 amide bonds. The van der Waals surface area contributed by atoms with Crippen molar-refractivity contribution in [2.45, 2.75) is 39.1 Å². The standard InChI is InChI=1S/C24H26O3/c1-4-23(27-18-19-11-7-5-8-12-19)24(2,3)17-21(25)15-16-22(26)20-13-9-6-10-14-20/h4-14,21,23,25H,1,17-18H2,2-3H3/t21?,23-/m0/s1. The zero-order valence-corrected chi connectivity index (χ0v) is 15.9. The Morgan fingerprint density at radius 3 is 2.33 bits per heavy atom. The number of Topliss-reactive ketones (excluding diaryl/α,β-unsaturated/α-hetero) is 1. The van der Waals surface area contributed by atoms with E-state index in [1.54, 1.807) is 30.3 Å². The van der Waals surface area contributed by atoms with E-state index < -0.39 is 6.10 Å². The molecule has 27 heavy (non-hydrogen) atoms. The van der Waals surface area contributed by atoms with E-state index in [1.807, 2.05) is 50.2 Å². The first kappa shape index (κ1) is 20.6. The second kappa shape index (κ2) is 9.87. The quantitative estimate of drug-likeness (QED) is 0.327. The van der Waals surface area contributed by atoms with Crippen molar-refractivity contribution in [2.24, 2.45) is 5.41 Å². The molecule has 3 heteroatoms. The summed E-state index contributed by atoms with van der Waals surface area (Å²) >= 11 is 0. The number of aliphatic hydroxyl groups is 1. The highest BCUT2D eigenvalue weighted by Crippen LogP contribution is 2.30. The van der Waals surface area contributed by atoms with Crippen LogP contribution in [0.1, 0.15) is 36.2 Å². The second-order valence-corrected chi connectivity index (χ2v) is 7.13. The lowest BCUT2D eigenvalue weighted by Gasteiger charge is -2.33. The van der Waals surface area contributed by atoms with Crippen LogP contribution in [-0.4, -0.2) is 23.1 Å². The minimum atomic E-state index is -0.921. The van der Waals surface area contributed by atoms with Crippen molar-refractivity contribution < 1.29 is 14.6 Å². The number of ether oxygens (including phenoxy) is 1. The average molecular weight is 362 g/mol. The maximum absolute atomic E-state index is 12.0. The summed E-state index contributed by atoms with van der Waals surface area (Å²) in [5.41, 5.74) is 1.21. The van der Waals surface area contributed by atoms with E-state index in [1.165, 1.54) is 0 Å². The van der Waals surface area contributed by atoms with E-state index in [0.29, 0.717) is 18.6 Å². The molecule has 1 unspecified atom stereocenters. The molecular formula is C24H26O3. The summed E-state index contributed by atoms with van der Waals surface area (Å²) in [5.74, 6) is 4.89. The Balaban J connectivity index is 1.95. The summed E-state index contributed by atoms with van der Waals surface area (Å²) in [7, 11) is 0. The van der Waals surface area contributed by atoms with Gasteiger partial charge in [0, 0.05) is 5.56 Å². The highest BCUT2D eigenvalue weighted by molar-refractivity contribution is 6.08. The van der Waals surface area contributed by atoms with Gasteiger partial charge in [0.05, 0.1) is 12.7 Å². The third kappa shape index (κ3) is 6.53. The van der Waals surface area contributed by atoms with Crippen molar-refractivity contribution in [1.29, 1.82) is 0 Å². The Hall–Kier alpha value is -2.67. The van der Waals surface area contributed by atoms with E-state index in [0.717, 1.165) is 5.56 Å². The minimum absolute atomic E-state index is 0.251. The van der Waals surface area contributed by atoms with E-state index in [9.17, 15) is 9.90 Å². The molecule has 0 heterocycles. The zero-order chi connectivity index (χ0) is 19.7. The van der Waals surface area contributed by atoms with Crippen LogP contribution >= 0.6 is 0 Å². The number of carbonyl (C=O) groups excluding carboxylic acids is 1. The van der Waals surface area contributed by atoms with Crippen molar-refractivity contribution in [3.05, 3.63) is 84.4 Å². The van der Waals surface area contributed by atoms with Gasteiger partial charge in [-0.25, -0.2) is 0 Å². The summed E-state index contributed by atoms with van der Waals surface area (Å²) in [5, 5.41) is 10.3. The Morgan fingerprint density at radius 2 is 1.74 bits per heavy atom. The van der Waals surface area contributed by atoms with Crippen LogP contribution in [0.2, 0.25) is 0 Å². The Labute approximate surface area is 161 Å². The molecule has 0 fully saturated rings. The molecular weight excluding hydrogens is 336 g/mol. The maximum atomic E-state index is 12.0. The number of carbonyl (C=O) groups is 1. The van der Waals surface area contributed by atoms with E-state index in [4.69, 9.17) is 4.74 Å². The monoisotopic (exact) mass is 362 g/mol. The predicted molar refractivity (Wildman–Crippen MR) is 108 cm³/mol. The Kier molecular flexibility index (Phi) is 7.55. The van der Waals surface area contributed by atoms with Gasteiger partial charge in [0.2, 0.25) is 5.78 Å². The molecule has 0 bridgehead atoms. The SMILES string of the molecule is C=C[C@H](OCc1ccccc1)C(C)(C)CC(O)C#CC(=O)c1ccccc1. The fourth-order valence-corrected chi connectivity index (χ4v) is 2.85.